The average Bonchev–Trinajstić information content (AvgIpc) is 3.29. The lowest BCUT2D eigenvalue weighted by Crippen LogP contribution is -2.47. The first kappa shape index (κ1) is 22.5. The molecule has 0 amide bonds. The van der Waals surface area contributed by atoms with E-state index < -0.39 is 0 Å². The number of methoxy groups -OCH3 is 1. The van der Waals surface area contributed by atoms with E-state index in [0.717, 1.165) is 37.8 Å². The second-order valence-electron chi connectivity index (χ2n) is 7.87. The fraction of sp³-hybridized carbons (Fsp3) is 0.800. The summed E-state index contributed by atoms with van der Waals surface area (Å²) in [7, 11) is 1.79. The molecule has 1 aromatic rings. The van der Waals surface area contributed by atoms with E-state index in [4.69, 9.17) is 14.8 Å². The van der Waals surface area contributed by atoms with E-state index in [9.17, 15) is 0 Å². The first-order valence-corrected chi connectivity index (χ1v) is 10.3. The van der Waals surface area contributed by atoms with Crippen molar-refractivity contribution in [1.82, 2.24) is 20.4 Å². The van der Waals surface area contributed by atoms with Gasteiger partial charge in [0.15, 0.2) is 5.96 Å². The highest BCUT2D eigenvalue weighted by atomic mass is 127. The zero-order valence-corrected chi connectivity index (χ0v) is 19.2. The van der Waals surface area contributed by atoms with E-state index in [-0.39, 0.29) is 24.0 Å². The molecule has 7 heteroatoms. The van der Waals surface area contributed by atoms with Crippen molar-refractivity contribution in [3.8, 4) is 0 Å². The molecule has 6 nitrogen and oxygen atoms in total. The van der Waals surface area contributed by atoms with Gasteiger partial charge >= 0.3 is 0 Å². The van der Waals surface area contributed by atoms with Crippen LogP contribution in [0.2, 0.25) is 0 Å². The third kappa shape index (κ3) is 6.34. The Kier molecular flexibility index (Phi) is 9.35. The Morgan fingerprint density at radius 3 is 2.70 bits per heavy atom. The van der Waals surface area contributed by atoms with Gasteiger partial charge in [-0.05, 0) is 50.5 Å². The molecule has 2 N–H and O–H groups in total. The number of ether oxygens (including phenoxy) is 1. The summed E-state index contributed by atoms with van der Waals surface area (Å²) in [5.74, 6) is 0.895. The van der Waals surface area contributed by atoms with Crippen molar-refractivity contribution in [3.05, 3.63) is 18.0 Å². The first-order valence-electron chi connectivity index (χ1n) is 10.3. The minimum Gasteiger partial charge on any atom is -0.385 e. The fourth-order valence-electron chi connectivity index (χ4n) is 4.12. The molecule has 0 spiro atoms. The number of rotatable bonds is 9. The smallest absolute Gasteiger partial charge is 0.191 e. The molecule has 27 heavy (non-hydrogen) atoms. The van der Waals surface area contributed by atoms with E-state index >= 15 is 0 Å². The van der Waals surface area contributed by atoms with Gasteiger partial charge in [-0.15, -0.1) is 24.0 Å². The van der Waals surface area contributed by atoms with E-state index in [1.54, 1.807) is 7.11 Å². The molecule has 2 saturated carbocycles. The Morgan fingerprint density at radius 2 is 2.07 bits per heavy atom. The second-order valence-corrected chi connectivity index (χ2v) is 7.87. The van der Waals surface area contributed by atoms with E-state index in [1.807, 2.05) is 0 Å². The molecule has 0 aromatic carbocycles. The number of hydrogen-bond acceptors (Lipinski definition) is 3. The summed E-state index contributed by atoms with van der Waals surface area (Å²) < 4.78 is 7.44. The highest BCUT2D eigenvalue weighted by Gasteiger charge is 2.36. The summed E-state index contributed by atoms with van der Waals surface area (Å²) in [6, 6.07) is 2.70. The molecule has 2 fully saturated rings. The van der Waals surface area contributed by atoms with Crippen LogP contribution in [0.15, 0.2) is 17.3 Å². The molecule has 0 unspecified atom stereocenters. The van der Waals surface area contributed by atoms with E-state index in [1.165, 1.54) is 44.9 Å². The summed E-state index contributed by atoms with van der Waals surface area (Å²) >= 11 is 0. The Balaban J connectivity index is 0.00000261. The Bertz CT molecular complexity index is 579. The molecule has 0 bridgehead atoms. The maximum Gasteiger partial charge on any atom is 0.191 e. The van der Waals surface area contributed by atoms with Gasteiger partial charge < -0.3 is 15.4 Å². The highest BCUT2D eigenvalue weighted by molar-refractivity contribution is 14.0. The predicted octanol–water partition coefficient (Wildman–Crippen LogP) is 3.88. The number of guanidine groups is 1. The molecule has 3 rings (SSSR count). The molecule has 2 aliphatic carbocycles. The topological polar surface area (TPSA) is 63.5 Å². The van der Waals surface area contributed by atoms with Gasteiger partial charge in [-0.25, -0.2) is 4.99 Å². The van der Waals surface area contributed by atoms with Crippen LogP contribution in [0.4, 0.5) is 0 Å². The Labute approximate surface area is 180 Å². The van der Waals surface area contributed by atoms with E-state index in [2.05, 4.69) is 34.5 Å². The van der Waals surface area contributed by atoms with Crippen molar-refractivity contribution in [2.45, 2.75) is 70.9 Å². The lowest BCUT2D eigenvalue weighted by Gasteiger charge is -2.42. The van der Waals surface area contributed by atoms with Gasteiger partial charge in [0.05, 0.1) is 18.3 Å². The summed E-state index contributed by atoms with van der Waals surface area (Å²) in [6.45, 7) is 5.41. The molecule has 2 aliphatic rings. The quantitative estimate of drug-likeness (QED) is 0.314. The maximum atomic E-state index is 5.29. The van der Waals surface area contributed by atoms with Gasteiger partial charge in [0, 0.05) is 33.0 Å². The zero-order valence-electron chi connectivity index (χ0n) is 16.9. The third-order valence-corrected chi connectivity index (χ3v) is 5.99. The number of halogens is 1. The van der Waals surface area contributed by atoms with Crippen LogP contribution in [-0.2, 0) is 11.3 Å². The normalized spacial score (nSPS) is 19.4. The molecule has 0 radical (unpaired) electrons. The minimum atomic E-state index is 0. The standard InChI is InChI=1S/C20H35N5O.HI/c1-3-21-19(23-16-20(10-6-11-20)12-14-26-2)22-15-17-9-13-25(24-17)18-7-4-5-8-18;/h9,13,18H,3-8,10-12,14-16H2,1-2H3,(H2,21,22,23);1H. The van der Waals surface area contributed by atoms with Gasteiger partial charge in [-0.3, -0.25) is 4.68 Å². The Hall–Kier alpha value is -0.830. The molecule has 0 aliphatic heterocycles. The molecular weight excluding hydrogens is 453 g/mol. The van der Waals surface area contributed by atoms with Crippen molar-refractivity contribution in [1.29, 1.82) is 0 Å². The van der Waals surface area contributed by atoms with Crippen molar-refractivity contribution >= 4 is 29.9 Å². The lowest BCUT2D eigenvalue weighted by molar-refractivity contribution is 0.0732. The van der Waals surface area contributed by atoms with Crippen LogP contribution in [0, 0.1) is 5.41 Å². The van der Waals surface area contributed by atoms with Crippen molar-refractivity contribution < 1.29 is 4.74 Å². The summed E-state index contributed by atoms with van der Waals surface area (Å²) in [4.78, 5) is 4.75. The highest BCUT2D eigenvalue weighted by Crippen LogP contribution is 2.43. The monoisotopic (exact) mass is 489 g/mol. The van der Waals surface area contributed by atoms with Crippen molar-refractivity contribution in [3.63, 3.8) is 0 Å². The predicted molar refractivity (Wildman–Crippen MR) is 121 cm³/mol. The summed E-state index contributed by atoms with van der Waals surface area (Å²) in [5.41, 5.74) is 1.43. The van der Waals surface area contributed by atoms with Gasteiger partial charge in [-0.2, -0.15) is 5.10 Å². The average molecular weight is 489 g/mol. The fourth-order valence-corrected chi connectivity index (χ4v) is 4.12. The second kappa shape index (κ2) is 11.2. The van der Waals surface area contributed by atoms with Crippen molar-refractivity contribution in [2.24, 2.45) is 10.4 Å². The van der Waals surface area contributed by atoms with Gasteiger partial charge in [-0.1, -0.05) is 19.3 Å². The van der Waals surface area contributed by atoms with Gasteiger partial charge in [0.25, 0.3) is 0 Å². The number of aliphatic imine (C=N–C) groups is 1. The largest absolute Gasteiger partial charge is 0.385 e. The SMILES string of the molecule is CCNC(=NCc1ccn(C2CCCC2)n1)NCC1(CCOC)CCC1.I. The zero-order chi connectivity index (χ0) is 18.2. The molecule has 0 atom stereocenters. The first-order chi connectivity index (χ1) is 12.7. The number of aromatic nitrogens is 2. The third-order valence-electron chi connectivity index (χ3n) is 5.99. The molecular formula is C20H36IN5O. The lowest BCUT2D eigenvalue weighted by atomic mass is 9.67. The Morgan fingerprint density at radius 1 is 1.30 bits per heavy atom. The van der Waals surface area contributed by atoms with Gasteiger partial charge in [0.2, 0.25) is 0 Å². The van der Waals surface area contributed by atoms with Crippen LogP contribution in [0.25, 0.3) is 0 Å². The van der Waals surface area contributed by atoms with Crippen LogP contribution in [-0.4, -0.2) is 42.5 Å². The number of nitrogens with zero attached hydrogens (tertiary/aromatic N) is 3. The van der Waals surface area contributed by atoms with Crippen LogP contribution < -0.4 is 10.6 Å². The maximum absolute atomic E-state index is 5.29. The van der Waals surface area contributed by atoms with Gasteiger partial charge in [0.1, 0.15) is 0 Å². The van der Waals surface area contributed by atoms with Crippen LogP contribution in [0.3, 0.4) is 0 Å². The molecule has 0 saturated heterocycles. The summed E-state index contributed by atoms with van der Waals surface area (Å²) in [5, 5.41) is 11.7. The molecule has 154 valence electrons. The van der Waals surface area contributed by atoms with Crippen LogP contribution in [0.5, 0.6) is 0 Å². The summed E-state index contributed by atoms with van der Waals surface area (Å²) in [6.07, 6.45) is 12.3. The van der Waals surface area contributed by atoms with Crippen LogP contribution >= 0.6 is 24.0 Å². The van der Waals surface area contributed by atoms with Crippen molar-refractivity contribution in [2.75, 3.05) is 26.8 Å². The number of hydrogen-bond donors (Lipinski definition) is 2. The van der Waals surface area contributed by atoms with Crippen LogP contribution in [0.1, 0.15) is 70.0 Å². The molecule has 1 heterocycles. The molecule has 1 aromatic heterocycles. The minimum absolute atomic E-state index is 0. The van der Waals surface area contributed by atoms with E-state index in [0.29, 0.717) is 18.0 Å². The number of nitrogens with one attached hydrogen (secondary N) is 2.